The Bertz CT molecular complexity index is 942. The topological polar surface area (TPSA) is 146 Å². The number of carbonyl (C=O) groups is 4. The van der Waals surface area contributed by atoms with E-state index in [4.69, 9.17) is 5.73 Å². The third-order valence-electron chi connectivity index (χ3n) is 4.21. The van der Waals surface area contributed by atoms with Gasteiger partial charge in [0.2, 0.25) is 0 Å². The summed E-state index contributed by atoms with van der Waals surface area (Å²) < 4.78 is 0.674. The summed E-state index contributed by atoms with van der Waals surface area (Å²) in [6.07, 6.45) is 0. The standard InChI is InChI=1S/C16H17N5O5S/c1-2-20-5-6-21(13(23)12(20)22)16(26)19-11(14(24)25)8-3-4-9-10(7-8)27-15(17)18-9/h3-4,7,11H,2,5-6H2,1H3,(H2,17,18)(H,19,26)(H,24,25)/t11-/m1/s1. The van der Waals surface area contributed by atoms with E-state index in [0.29, 0.717) is 27.5 Å². The number of nitrogens with two attached hydrogens (primary N) is 1. The fourth-order valence-electron chi connectivity index (χ4n) is 2.80. The molecule has 4 N–H and O–H groups in total. The predicted octanol–water partition coefficient (Wildman–Crippen LogP) is 0.404. The normalized spacial score (nSPS) is 15.9. The molecular formula is C16H17N5O5S. The summed E-state index contributed by atoms with van der Waals surface area (Å²) in [5, 5.41) is 12.2. The van der Waals surface area contributed by atoms with Crippen LogP contribution in [0.4, 0.5) is 9.93 Å². The summed E-state index contributed by atoms with van der Waals surface area (Å²) in [6, 6.07) is 2.37. The van der Waals surface area contributed by atoms with Gasteiger partial charge in [0, 0.05) is 19.6 Å². The van der Waals surface area contributed by atoms with Crippen LogP contribution in [0.15, 0.2) is 18.2 Å². The fraction of sp³-hybridized carbons (Fsp3) is 0.312. The van der Waals surface area contributed by atoms with Crippen molar-refractivity contribution in [1.29, 1.82) is 0 Å². The van der Waals surface area contributed by atoms with Gasteiger partial charge in [-0.05, 0) is 24.6 Å². The maximum absolute atomic E-state index is 12.4. The number of amides is 4. The van der Waals surface area contributed by atoms with Crippen molar-refractivity contribution in [1.82, 2.24) is 20.1 Å². The highest BCUT2D eigenvalue weighted by molar-refractivity contribution is 7.22. The number of hydrogen-bond donors (Lipinski definition) is 3. The number of anilines is 1. The number of nitrogens with one attached hydrogen (secondary N) is 1. The number of aromatic nitrogens is 1. The van der Waals surface area contributed by atoms with Crippen LogP contribution in [0.3, 0.4) is 0 Å². The van der Waals surface area contributed by atoms with Crippen LogP contribution in [-0.2, 0) is 14.4 Å². The van der Waals surface area contributed by atoms with E-state index in [0.717, 1.165) is 4.90 Å². The molecule has 1 aromatic heterocycles. The van der Waals surface area contributed by atoms with Gasteiger partial charge in [-0.3, -0.25) is 14.5 Å². The second kappa shape index (κ2) is 7.19. The number of piperazine rings is 1. The first kappa shape index (κ1) is 18.6. The van der Waals surface area contributed by atoms with E-state index in [-0.39, 0.29) is 13.1 Å². The number of likely N-dealkylation sites (N-methyl/N-ethyl adjacent to an activating group) is 1. The van der Waals surface area contributed by atoms with Gasteiger partial charge in [-0.25, -0.2) is 14.6 Å². The molecule has 11 heteroatoms. The molecule has 0 unspecified atom stereocenters. The molecule has 0 saturated carbocycles. The molecule has 1 aliphatic heterocycles. The van der Waals surface area contributed by atoms with E-state index in [1.807, 2.05) is 0 Å². The van der Waals surface area contributed by atoms with E-state index < -0.39 is 29.9 Å². The zero-order valence-corrected chi connectivity index (χ0v) is 15.2. The van der Waals surface area contributed by atoms with Crippen LogP contribution in [0.1, 0.15) is 18.5 Å². The second-order valence-corrected chi connectivity index (χ2v) is 6.90. The Morgan fingerprint density at radius 2 is 2.07 bits per heavy atom. The number of fused-ring (bicyclic) bond motifs is 1. The fourth-order valence-corrected chi connectivity index (χ4v) is 3.58. The lowest BCUT2D eigenvalue weighted by Crippen LogP contribution is -2.58. The summed E-state index contributed by atoms with van der Waals surface area (Å²) >= 11 is 1.19. The number of rotatable bonds is 4. The Balaban J connectivity index is 1.81. The third-order valence-corrected chi connectivity index (χ3v) is 5.06. The largest absolute Gasteiger partial charge is 0.479 e. The van der Waals surface area contributed by atoms with E-state index in [1.54, 1.807) is 19.1 Å². The predicted molar refractivity (Wildman–Crippen MR) is 96.9 cm³/mol. The van der Waals surface area contributed by atoms with Gasteiger partial charge < -0.3 is 21.1 Å². The Kier molecular flexibility index (Phi) is 4.95. The first-order valence-corrected chi connectivity index (χ1v) is 8.93. The molecule has 0 radical (unpaired) electrons. The molecular weight excluding hydrogens is 374 g/mol. The van der Waals surface area contributed by atoms with Crippen LogP contribution >= 0.6 is 11.3 Å². The molecule has 1 fully saturated rings. The average molecular weight is 391 g/mol. The number of carboxylic acids is 1. The number of imide groups is 1. The number of nitrogens with zero attached hydrogens (tertiary/aromatic N) is 3. The van der Waals surface area contributed by atoms with Gasteiger partial charge >= 0.3 is 23.8 Å². The molecule has 3 rings (SSSR count). The number of nitrogen functional groups attached to an aromatic ring is 1. The van der Waals surface area contributed by atoms with Crippen LogP contribution < -0.4 is 11.1 Å². The Hall–Kier alpha value is -3.21. The molecule has 10 nitrogen and oxygen atoms in total. The van der Waals surface area contributed by atoms with Gasteiger partial charge in [0.05, 0.1) is 10.2 Å². The lowest BCUT2D eigenvalue weighted by atomic mass is 10.1. The smallest absolute Gasteiger partial charge is 0.330 e. The second-order valence-electron chi connectivity index (χ2n) is 5.84. The minimum absolute atomic E-state index is 0.000991. The molecule has 0 bridgehead atoms. The number of aliphatic carboxylic acids is 1. The summed E-state index contributed by atoms with van der Waals surface area (Å²) in [5.74, 6) is -3.06. The maximum Gasteiger partial charge on any atom is 0.330 e. The lowest BCUT2D eigenvalue weighted by Gasteiger charge is -2.32. The summed E-state index contributed by atoms with van der Waals surface area (Å²) in [7, 11) is 0. The van der Waals surface area contributed by atoms with Crippen LogP contribution in [0.25, 0.3) is 10.2 Å². The van der Waals surface area contributed by atoms with Crippen molar-refractivity contribution in [3.05, 3.63) is 23.8 Å². The molecule has 0 aliphatic carbocycles. The number of carboxylic acid groups (broad SMARTS) is 1. The van der Waals surface area contributed by atoms with Crippen molar-refractivity contribution in [2.75, 3.05) is 25.4 Å². The first-order chi connectivity index (χ1) is 12.8. The van der Waals surface area contributed by atoms with Gasteiger partial charge in [-0.15, -0.1) is 0 Å². The van der Waals surface area contributed by atoms with Crippen molar-refractivity contribution in [3.63, 3.8) is 0 Å². The monoisotopic (exact) mass is 391 g/mol. The van der Waals surface area contributed by atoms with Crippen LogP contribution in [0.2, 0.25) is 0 Å². The summed E-state index contributed by atoms with van der Waals surface area (Å²) in [6.45, 7) is 2.29. The van der Waals surface area contributed by atoms with Crippen LogP contribution in [0.5, 0.6) is 0 Å². The van der Waals surface area contributed by atoms with Crippen molar-refractivity contribution in [2.45, 2.75) is 13.0 Å². The number of benzene rings is 1. The molecule has 4 amide bonds. The van der Waals surface area contributed by atoms with E-state index >= 15 is 0 Å². The SMILES string of the molecule is CCN1CCN(C(=O)N[C@@H](C(=O)O)c2ccc3nc(N)sc3c2)C(=O)C1=O. The Morgan fingerprint density at radius 3 is 2.74 bits per heavy atom. The molecule has 2 heterocycles. The van der Waals surface area contributed by atoms with E-state index in [2.05, 4.69) is 10.3 Å². The van der Waals surface area contributed by atoms with Gasteiger partial charge in [0.15, 0.2) is 11.2 Å². The number of urea groups is 1. The Morgan fingerprint density at radius 1 is 1.33 bits per heavy atom. The highest BCUT2D eigenvalue weighted by atomic mass is 32.1. The minimum atomic E-state index is -1.39. The maximum atomic E-state index is 12.4. The van der Waals surface area contributed by atoms with Gasteiger partial charge in [0.1, 0.15) is 0 Å². The zero-order valence-electron chi connectivity index (χ0n) is 14.3. The van der Waals surface area contributed by atoms with Crippen molar-refractivity contribution in [3.8, 4) is 0 Å². The number of hydrogen-bond acceptors (Lipinski definition) is 7. The Labute approximate surface area is 157 Å². The highest BCUT2D eigenvalue weighted by Gasteiger charge is 2.37. The molecule has 1 aliphatic rings. The molecule has 27 heavy (non-hydrogen) atoms. The molecule has 1 aromatic carbocycles. The van der Waals surface area contributed by atoms with Gasteiger partial charge in [-0.2, -0.15) is 0 Å². The van der Waals surface area contributed by atoms with Crippen LogP contribution in [0, 0.1) is 0 Å². The zero-order chi connectivity index (χ0) is 19.7. The number of thiazole rings is 1. The number of carbonyl (C=O) groups excluding carboxylic acids is 3. The molecule has 142 valence electrons. The van der Waals surface area contributed by atoms with Crippen molar-refractivity contribution >= 4 is 50.5 Å². The first-order valence-electron chi connectivity index (χ1n) is 8.11. The summed E-state index contributed by atoms with van der Waals surface area (Å²) in [5.41, 5.74) is 6.57. The minimum Gasteiger partial charge on any atom is -0.479 e. The third kappa shape index (κ3) is 3.53. The molecule has 1 saturated heterocycles. The van der Waals surface area contributed by atoms with Crippen LogP contribution in [-0.4, -0.2) is 63.3 Å². The average Bonchev–Trinajstić information content (AvgIpc) is 3.00. The molecule has 1 atom stereocenters. The lowest BCUT2D eigenvalue weighted by molar-refractivity contribution is -0.153. The van der Waals surface area contributed by atoms with Gasteiger partial charge in [-0.1, -0.05) is 17.4 Å². The highest BCUT2D eigenvalue weighted by Crippen LogP contribution is 2.27. The van der Waals surface area contributed by atoms with Gasteiger partial charge in [0.25, 0.3) is 0 Å². The van der Waals surface area contributed by atoms with E-state index in [9.17, 15) is 24.3 Å². The quantitative estimate of drug-likeness (QED) is 0.640. The molecule has 2 aromatic rings. The van der Waals surface area contributed by atoms with E-state index in [1.165, 1.54) is 22.3 Å². The van der Waals surface area contributed by atoms with Crippen molar-refractivity contribution in [2.24, 2.45) is 0 Å². The molecule has 0 spiro atoms. The van der Waals surface area contributed by atoms with Crippen molar-refractivity contribution < 1.29 is 24.3 Å². The summed E-state index contributed by atoms with van der Waals surface area (Å²) in [4.78, 5) is 54.3.